The summed E-state index contributed by atoms with van der Waals surface area (Å²) in [5.41, 5.74) is 0.233. The molecule has 19 heavy (non-hydrogen) atoms. The maximum absolute atomic E-state index is 6.09. The summed E-state index contributed by atoms with van der Waals surface area (Å²) >= 11 is 9.53. The van der Waals surface area contributed by atoms with Crippen molar-refractivity contribution in [3.63, 3.8) is 0 Å². The van der Waals surface area contributed by atoms with Crippen molar-refractivity contribution in [1.82, 2.24) is 5.32 Å². The molecule has 0 saturated heterocycles. The summed E-state index contributed by atoms with van der Waals surface area (Å²) in [6.07, 6.45) is 0. The summed E-state index contributed by atoms with van der Waals surface area (Å²) < 4.78 is 0.849. The molecule has 0 bridgehead atoms. The maximum atomic E-state index is 6.09. The molecule has 4 heteroatoms. The van der Waals surface area contributed by atoms with E-state index in [0.717, 1.165) is 4.34 Å². The molecule has 1 N–H and O–H groups in total. The fourth-order valence-electron chi connectivity index (χ4n) is 1.74. The van der Waals surface area contributed by atoms with E-state index < -0.39 is 0 Å². The van der Waals surface area contributed by atoms with Crippen molar-refractivity contribution in [2.75, 3.05) is 0 Å². The van der Waals surface area contributed by atoms with Gasteiger partial charge >= 0.3 is 0 Å². The number of hydrogen-bond acceptors (Lipinski definition) is 3. The van der Waals surface area contributed by atoms with Crippen molar-refractivity contribution in [2.45, 2.75) is 39.8 Å². The lowest BCUT2D eigenvalue weighted by atomic mass is 9.87. The van der Waals surface area contributed by atoms with Crippen LogP contribution in [0.4, 0.5) is 0 Å². The molecule has 2 atom stereocenters. The second kappa shape index (κ2) is 5.96. The molecule has 2 heterocycles. The predicted molar refractivity (Wildman–Crippen MR) is 87.5 cm³/mol. The molecule has 2 rings (SSSR count). The molecule has 0 fully saturated rings. The van der Waals surface area contributed by atoms with E-state index in [2.05, 4.69) is 56.6 Å². The Labute approximate surface area is 128 Å². The van der Waals surface area contributed by atoms with Crippen LogP contribution >= 0.6 is 34.3 Å². The van der Waals surface area contributed by atoms with Gasteiger partial charge in [0, 0.05) is 15.8 Å². The van der Waals surface area contributed by atoms with Gasteiger partial charge in [-0.25, -0.2) is 0 Å². The number of thiophene rings is 2. The Morgan fingerprint density at radius 1 is 1.16 bits per heavy atom. The zero-order valence-electron chi connectivity index (χ0n) is 11.7. The third kappa shape index (κ3) is 3.82. The highest BCUT2D eigenvalue weighted by molar-refractivity contribution is 7.16. The Morgan fingerprint density at radius 3 is 2.37 bits per heavy atom. The van der Waals surface area contributed by atoms with Gasteiger partial charge in [-0.2, -0.15) is 0 Å². The van der Waals surface area contributed by atoms with Crippen molar-refractivity contribution >= 4 is 34.3 Å². The molecule has 0 spiro atoms. The van der Waals surface area contributed by atoms with E-state index in [-0.39, 0.29) is 11.5 Å². The summed E-state index contributed by atoms with van der Waals surface area (Å²) in [5.74, 6) is 0. The molecule has 0 amide bonds. The largest absolute Gasteiger partial charge is 0.302 e. The molecule has 0 aliphatic rings. The van der Waals surface area contributed by atoms with Gasteiger partial charge in [-0.3, -0.25) is 0 Å². The fraction of sp³-hybridized carbons (Fsp3) is 0.467. The highest BCUT2D eigenvalue weighted by Gasteiger charge is 2.25. The minimum absolute atomic E-state index is 0.233. The van der Waals surface area contributed by atoms with Crippen molar-refractivity contribution in [3.05, 3.63) is 43.7 Å². The summed E-state index contributed by atoms with van der Waals surface area (Å²) in [7, 11) is 0. The van der Waals surface area contributed by atoms with Crippen molar-refractivity contribution < 1.29 is 0 Å². The smallest absolute Gasteiger partial charge is 0.0931 e. The van der Waals surface area contributed by atoms with Crippen LogP contribution in [0.5, 0.6) is 0 Å². The highest BCUT2D eigenvalue weighted by Crippen LogP contribution is 2.34. The molecule has 0 radical (unpaired) electrons. The Hall–Kier alpha value is -0.350. The summed E-state index contributed by atoms with van der Waals surface area (Å²) in [5, 5.41) is 5.88. The van der Waals surface area contributed by atoms with E-state index in [9.17, 15) is 0 Å². The van der Waals surface area contributed by atoms with Crippen LogP contribution in [0.25, 0.3) is 0 Å². The highest BCUT2D eigenvalue weighted by atomic mass is 35.5. The van der Waals surface area contributed by atoms with Gasteiger partial charge in [-0.05, 0) is 35.9 Å². The normalized spacial score (nSPS) is 15.4. The van der Waals surface area contributed by atoms with Gasteiger partial charge in [-0.1, -0.05) is 38.4 Å². The second-order valence-electron chi connectivity index (χ2n) is 5.84. The van der Waals surface area contributed by atoms with Gasteiger partial charge in [0.15, 0.2) is 0 Å². The number of rotatable bonds is 4. The third-order valence-electron chi connectivity index (χ3n) is 3.42. The van der Waals surface area contributed by atoms with Gasteiger partial charge < -0.3 is 5.32 Å². The van der Waals surface area contributed by atoms with Gasteiger partial charge in [-0.15, -0.1) is 22.7 Å². The van der Waals surface area contributed by atoms with Gasteiger partial charge in [0.2, 0.25) is 0 Å². The zero-order valence-corrected chi connectivity index (χ0v) is 14.1. The summed E-state index contributed by atoms with van der Waals surface area (Å²) in [4.78, 5) is 2.62. The molecule has 0 saturated carbocycles. The molecule has 2 unspecified atom stereocenters. The van der Waals surface area contributed by atoms with Crippen LogP contribution in [0.1, 0.15) is 43.5 Å². The second-order valence-corrected chi connectivity index (χ2v) is 8.57. The lowest BCUT2D eigenvalue weighted by Gasteiger charge is -2.31. The lowest BCUT2D eigenvalue weighted by molar-refractivity contribution is 0.275. The van der Waals surface area contributed by atoms with Crippen LogP contribution in [0.2, 0.25) is 4.34 Å². The molecule has 1 nitrogen and oxygen atoms in total. The van der Waals surface area contributed by atoms with Gasteiger partial charge in [0.25, 0.3) is 0 Å². The molecule has 2 aromatic rings. The van der Waals surface area contributed by atoms with Gasteiger partial charge in [0.05, 0.1) is 10.4 Å². The first-order chi connectivity index (χ1) is 8.88. The average molecular weight is 314 g/mol. The van der Waals surface area contributed by atoms with Crippen LogP contribution in [0.15, 0.2) is 29.6 Å². The molecular weight excluding hydrogens is 294 g/mol. The monoisotopic (exact) mass is 313 g/mol. The van der Waals surface area contributed by atoms with Crippen molar-refractivity contribution in [2.24, 2.45) is 5.41 Å². The fourth-order valence-corrected chi connectivity index (χ4v) is 3.76. The standard InChI is InChI=1S/C15H20ClNS2/c1-10(15(2,3)4)17-14(11-6-5-9-18-11)12-7-8-13(16)19-12/h5-10,14,17H,1-4H3. The van der Waals surface area contributed by atoms with Crippen molar-refractivity contribution in [1.29, 1.82) is 0 Å². The minimum Gasteiger partial charge on any atom is -0.302 e. The Balaban J connectivity index is 2.26. The van der Waals surface area contributed by atoms with Crippen LogP contribution < -0.4 is 5.32 Å². The number of halogens is 1. The molecule has 104 valence electrons. The Morgan fingerprint density at radius 2 is 1.89 bits per heavy atom. The topological polar surface area (TPSA) is 12.0 Å². The molecular formula is C15H20ClNS2. The molecule has 0 aliphatic heterocycles. The lowest BCUT2D eigenvalue weighted by Crippen LogP contribution is -2.39. The molecule has 2 aromatic heterocycles. The quantitative estimate of drug-likeness (QED) is 0.777. The van der Waals surface area contributed by atoms with Crippen LogP contribution in [0, 0.1) is 5.41 Å². The maximum Gasteiger partial charge on any atom is 0.0931 e. The first-order valence-electron chi connectivity index (χ1n) is 6.42. The SMILES string of the molecule is CC(NC(c1cccs1)c1ccc(Cl)s1)C(C)(C)C. The first-order valence-corrected chi connectivity index (χ1v) is 8.50. The number of nitrogens with one attached hydrogen (secondary N) is 1. The summed E-state index contributed by atoms with van der Waals surface area (Å²) in [6.45, 7) is 9.03. The molecule has 0 aromatic carbocycles. The number of hydrogen-bond donors (Lipinski definition) is 1. The van der Waals surface area contributed by atoms with E-state index in [0.29, 0.717) is 6.04 Å². The van der Waals surface area contributed by atoms with E-state index in [1.54, 1.807) is 22.7 Å². The zero-order chi connectivity index (χ0) is 14.0. The average Bonchev–Trinajstić information content (AvgIpc) is 2.95. The van der Waals surface area contributed by atoms with E-state index in [1.807, 2.05) is 6.07 Å². The van der Waals surface area contributed by atoms with Crippen LogP contribution in [0.3, 0.4) is 0 Å². The molecule has 0 aliphatic carbocycles. The Bertz CT molecular complexity index is 510. The van der Waals surface area contributed by atoms with E-state index in [4.69, 9.17) is 11.6 Å². The third-order valence-corrected chi connectivity index (χ3v) is 5.66. The van der Waals surface area contributed by atoms with E-state index in [1.165, 1.54) is 9.75 Å². The predicted octanol–water partition coefficient (Wildman–Crippen LogP) is 5.58. The van der Waals surface area contributed by atoms with Crippen LogP contribution in [-0.2, 0) is 0 Å². The minimum atomic E-state index is 0.233. The Kier molecular flexibility index (Phi) is 4.72. The first kappa shape index (κ1) is 15.0. The van der Waals surface area contributed by atoms with E-state index >= 15 is 0 Å². The van der Waals surface area contributed by atoms with Gasteiger partial charge in [0.1, 0.15) is 0 Å². The van der Waals surface area contributed by atoms with Crippen molar-refractivity contribution in [3.8, 4) is 0 Å². The summed E-state index contributed by atoms with van der Waals surface area (Å²) in [6, 6.07) is 9.05. The van der Waals surface area contributed by atoms with Crippen LogP contribution in [-0.4, -0.2) is 6.04 Å².